The third-order valence-corrected chi connectivity index (χ3v) is 4.88. The highest BCUT2D eigenvalue weighted by Gasteiger charge is 2.24. The molecule has 2 amide bonds. The largest absolute Gasteiger partial charge is 0.447 e. The van der Waals surface area contributed by atoms with Gasteiger partial charge in [0.2, 0.25) is 0 Å². The summed E-state index contributed by atoms with van der Waals surface area (Å²) >= 11 is 0. The number of ether oxygens (including phenoxy) is 1. The SMILES string of the molecule is O=C(Nc1cccc(N2CCOC2=O)c1)c1ccccc1C1CCNC1. The molecular formula is C20H21N3O3. The fourth-order valence-electron chi connectivity index (χ4n) is 3.56. The summed E-state index contributed by atoms with van der Waals surface area (Å²) in [6, 6.07) is 15.0. The van der Waals surface area contributed by atoms with Crippen molar-refractivity contribution >= 4 is 23.4 Å². The molecule has 2 heterocycles. The van der Waals surface area contributed by atoms with Crippen LogP contribution in [0, 0.1) is 0 Å². The van der Waals surface area contributed by atoms with E-state index in [0.717, 1.165) is 30.8 Å². The number of cyclic esters (lactones) is 1. The Bertz CT molecular complexity index is 831. The number of hydrogen-bond donors (Lipinski definition) is 2. The van der Waals surface area contributed by atoms with Gasteiger partial charge in [-0.15, -0.1) is 0 Å². The fourth-order valence-corrected chi connectivity index (χ4v) is 3.56. The second-order valence-corrected chi connectivity index (χ2v) is 6.55. The highest BCUT2D eigenvalue weighted by molar-refractivity contribution is 6.05. The smallest absolute Gasteiger partial charge is 0.414 e. The highest BCUT2D eigenvalue weighted by atomic mass is 16.6. The standard InChI is InChI=1S/C20H21N3O3/c24-19(18-7-2-1-6-17(18)14-8-9-21-13-14)22-15-4-3-5-16(12-15)23-10-11-26-20(23)25/h1-7,12,14,21H,8-11,13H2,(H,22,24). The van der Waals surface area contributed by atoms with Crippen LogP contribution in [0.4, 0.5) is 16.2 Å². The minimum Gasteiger partial charge on any atom is -0.447 e. The zero-order valence-electron chi connectivity index (χ0n) is 14.4. The van der Waals surface area contributed by atoms with Crippen molar-refractivity contribution in [3.63, 3.8) is 0 Å². The van der Waals surface area contributed by atoms with Gasteiger partial charge in [-0.25, -0.2) is 4.79 Å². The first-order chi connectivity index (χ1) is 12.7. The molecule has 2 aromatic carbocycles. The molecule has 0 aromatic heterocycles. The van der Waals surface area contributed by atoms with Gasteiger partial charge in [-0.3, -0.25) is 9.69 Å². The van der Waals surface area contributed by atoms with Crippen LogP contribution >= 0.6 is 0 Å². The number of nitrogens with one attached hydrogen (secondary N) is 2. The molecule has 0 saturated carbocycles. The Balaban J connectivity index is 1.55. The second kappa shape index (κ2) is 7.17. The second-order valence-electron chi connectivity index (χ2n) is 6.55. The summed E-state index contributed by atoms with van der Waals surface area (Å²) in [5.41, 5.74) is 3.16. The number of amides is 2. The maximum Gasteiger partial charge on any atom is 0.414 e. The van der Waals surface area contributed by atoms with Crippen molar-refractivity contribution in [3.05, 3.63) is 59.7 Å². The molecule has 26 heavy (non-hydrogen) atoms. The number of hydrogen-bond acceptors (Lipinski definition) is 4. The van der Waals surface area contributed by atoms with Crippen LogP contribution in [0.1, 0.15) is 28.3 Å². The molecule has 4 rings (SSSR count). The molecule has 0 spiro atoms. The van der Waals surface area contributed by atoms with Crippen molar-refractivity contribution in [3.8, 4) is 0 Å². The first kappa shape index (κ1) is 16.6. The van der Waals surface area contributed by atoms with E-state index in [2.05, 4.69) is 10.6 Å². The van der Waals surface area contributed by atoms with E-state index in [1.165, 1.54) is 0 Å². The van der Waals surface area contributed by atoms with Crippen molar-refractivity contribution in [2.45, 2.75) is 12.3 Å². The number of carbonyl (C=O) groups excluding carboxylic acids is 2. The number of rotatable bonds is 4. The van der Waals surface area contributed by atoms with Crippen LogP contribution in [-0.2, 0) is 4.74 Å². The Labute approximate surface area is 152 Å². The van der Waals surface area contributed by atoms with E-state index in [1.807, 2.05) is 42.5 Å². The summed E-state index contributed by atoms with van der Waals surface area (Å²) in [4.78, 5) is 26.1. The molecule has 2 aromatic rings. The third-order valence-electron chi connectivity index (χ3n) is 4.88. The number of carbonyl (C=O) groups is 2. The first-order valence-electron chi connectivity index (χ1n) is 8.88. The maximum atomic E-state index is 12.9. The Morgan fingerprint density at radius 2 is 2.08 bits per heavy atom. The van der Waals surface area contributed by atoms with Gasteiger partial charge in [0.15, 0.2) is 0 Å². The van der Waals surface area contributed by atoms with E-state index in [1.54, 1.807) is 11.0 Å². The Hall–Kier alpha value is -2.86. The summed E-state index contributed by atoms with van der Waals surface area (Å²) in [5, 5.41) is 6.31. The Morgan fingerprint density at radius 3 is 2.85 bits per heavy atom. The highest BCUT2D eigenvalue weighted by Crippen LogP contribution is 2.27. The summed E-state index contributed by atoms with van der Waals surface area (Å²) in [5.74, 6) is 0.233. The van der Waals surface area contributed by atoms with Crippen molar-refractivity contribution in [2.75, 3.05) is 36.5 Å². The molecule has 6 nitrogen and oxygen atoms in total. The molecule has 2 saturated heterocycles. The van der Waals surface area contributed by atoms with E-state index in [4.69, 9.17) is 4.74 Å². The summed E-state index contributed by atoms with van der Waals surface area (Å²) in [6.45, 7) is 2.79. The Morgan fingerprint density at radius 1 is 1.19 bits per heavy atom. The molecular weight excluding hydrogens is 330 g/mol. The molecule has 2 fully saturated rings. The van der Waals surface area contributed by atoms with E-state index >= 15 is 0 Å². The summed E-state index contributed by atoms with van der Waals surface area (Å²) < 4.78 is 4.98. The van der Waals surface area contributed by atoms with Crippen LogP contribution in [0.25, 0.3) is 0 Å². The topological polar surface area (TPSA) is 70.7 Å². The molecule has 6 heteroatoms. The Kier molecular flexibility index (Phi) is 4.58. The first-order valence-corrected chi connectivity index (χ1v) is 8.88. The van der Waals surface area contributed by atoms with Gasteiger partial charge in [0.1, 0.15) is 6.61 Å². The van der Waals surface area contributed by atoms with Gasteiger partial charge in [0.05, 0.1) is 6.54 Å². The summed E-state index contributed by atoms with van der Waals surface area (Å²) in [6.07, 6.45) is 0.684. The third kappa shape index (κ3) is 3.28. The number of nitrogens with zero attached hydrogens (tertiary/aromatic N) is 1. The van der Waals surface area contributed by atoms with Crippen molar-refractivity contribution in [1.82, 2.24) is 5.32 Å². The monoisotopic (exact) mass is 351 g/mol. The van der Waals surface area contributed by atoms with Gasteiger partial charge in [-0.1, -0.05) is 24.3 Å². The molecule has 0 aliphatic carbocycles. The predicted octanol–water partition coefficient (Wildman–Crippen LogP) is 2.97. The van der Waals surface area contributed by atoms with Gasteiger partial charge in [-0.2, -0.15) is 0 Å². The van der Waals surface area contributed by atoms with Crippen molar-refractivity contribution < 1.29 is 14.3 Å². The molecule has 134 valence electrons. The fraction of sp³-hybridized carbons (Fsp3) is 0.300. The lowest BCUT2D eigenvalue weighted by Crippen LogP contribution is -2.23. The van der Waals surface area contributed by atoms with Crippen LogP contribution in [0.3, 0.4) is 0 Å². The molecule has 0 radical (unpaired) electrons. The zero-order chi connectivity index (χ0) is 17.9. The molecule has 1 unspecified atom stereocenters. The lowest BCUT2D eigenvalue weighted by Gasteiger charge is -2.16. The minimum absolute atomic E-state index is 0.131. The van der Waals surface area contributed by atoms with E-state index in [9.17, 15) is 9.59 Å². The van der Waals surface area contributed by atoms with Gasteiger partial charge >= 0.3 is 6.09 Å². The average molecular weight is 351 g/mol. The number of anilines is 2. The van der Waals surface area contributed by atoms with Crippen LogP contribution in [0.5, 0.6) is 0 Å². The van der Waals surface area contributed by atoms with Crippen LogP contribution in [0.2, 0.25) is 0 Å². The lowest BCUT2D eigenvalue weighted by molar-refractivity contribution is 0.102. The molecule has 2 N–H and O–H groups in total. The van der Waals surface area contributed by atoms with E-state index in [0.29, 0.717) is 30.3 Å². The van der Waals surface area contributed by atoms with Gasteiger partial charge in [-0.05, 0) is 48.7 Å². The normalized spacial score (nSPS) is 19.5. The minimum atomic E-state index is -0.354. The van der Waals surface area contributed by atoms with Gasteiger partial charge < -0.3 is 15.4 Å². The maximum absolute atomic E-state index is 12.9. The zero-order valence-corrected chi connectivity index (χ0v) is 14.4. The molecule has 1 atom stereocenters. The van der Waals surface area contributed by atoms with Gasteiger partial charge in [0.25, 0.3) is 5.91 Å². The van der Waals surface area contributed by atoms with E-state index in [-0.39, 0.29) is 12.0 Å². The summed E-state index contributed by atoms with van der Waals surface area (Å²) in [7, 11) is 0. The van der Waals surface area contributed by atoms with Crippen molar-refractivity contribution in [2.24, 2.45) is 0 Å². The predicted molar refractivity (Wildman–Crippen MR) is 99.8 cm³/mol. The van der Waals surface area contributed by atoms with Crippen LogP contribution < -0.4 is 15.5 Å². The number of benzene rings is 2. The van der Waals surface area contributed by atoms with Crippen molar-refractivity contribution in [1.29, 1.82) is 0 Å². The lowest BCUT2D eigenvalue weighted by atomic mass is 9.93. The van der Waals surface area contributed by atoms with Crippen LogP contribution in [0.15, 0.2) is 48.5 Å². The van der Waals surface area contributed by atoms with Gasteiger partial charge in [0, 0.05) is 23.5 Å². The van der Waals surface area contributed by atoms with E-state index < -0.39 is 0 Å². The molecule has 2 aliphatic rings. The van der Waals surface area contributed by atoms with Crippen LogP contribution in [-0.4, -0.2) is 38.2 Å². The molecule has 0 bridgehead atoms. The molecule has 2 aliphatic heterocycles. The average Bonchev–Trinajstić information content (AvgIpc) is 3.33. The quantitative estimate of drug-likeness (QED) is 0.888.